The molecule has 0 radical (unpaired) electrons. The van der Waals surface area contributed by atoms with E-state index in [9.17, 15) is 34.3 Å². The Morgan fingerprint density at radius 1 is 0.288 bits per heavy atom. The Morgan fingerprint density at radius 3 is 1.38 bits per heavy atom. The van der Waals surface area contributed by atoms with Crippen LogP contribution in [0.15, 0.2) is 260 Å². The third-order valence-electron chi connectivity index (χ3n) is 10.9. The Bertz CT molecular complexity index is 6000. The molecule has 2 aliphatic rings. The second kappa shape index (κ2) is 15.3. The molecule has 0 saturated carbocycles. The molecule has 0 aliphatic heterocycles. The lowest BCUT2D eigenvalue weighted by atomic mass is 9.70. The molecule has 1 heteroatoms. The fourth-order valence-electron chi connectivity index (χ4n) is 8.26. The second-order valence-electron chi connectivity index (χ2n) is 14.3. The van der Waals surface area contributed by atoms with Crippen molar-refractivity contribution in [3.05, 3.63) is 282 Å². The molecule has 11 aromatic rings. The van der Waals surface area contributed by atoms with Crippen molar-refractivity contribution in [1.29, 1.82) is 0 Å². The van der Waals surface area contributed by atoms with E-state index in [0.717, 1.165) is 0 Å². The van der Waals surface area contributed by atoms with Crippen molar-refractivity contribution in [1.82, 2.24) is 0 Å². The van der Waals surface area contributed by atoms with Gasteiger partial charge >= 0.3 is 0 Å². The Hall–Kier alpha value is -8.52. The number of anilines is 3. The maximum Gasteiger partial charge on any atom is 0.0726 e. The van der Waals surface area contributed by atoms with E-state index in [2.05, 4.69) is 0 Å². The van der Waals surface area contributed by atoms with Crippen LogP contribution in [0.25, 0.3) is 77.5 Å². The number of benzene rings is 11. The SMILES string of the molecule is [2H]c1c([2H])c([2H])c(-c2c([2H])c([2H])c(-c3c(-c4c([2H])c([2H])c(N(c5c([2H])c([2H])c6c(c5[2H])C5(c7c([2H])c([2H])c([2H])c([2H])c7-c7c([2H])c([2H])c([2H])c([2H])c75)c5c([2H])c([2H])c([2H])c([2H])c5-6)c5c([2H])c([2H])c([2H])c([2H])c5-c5c([2H])c([2H])c([2H])c([2H])c5[2H])c([2H])c4[2H])c([2H])c([2H])c4c([2H])c([2H])c([2H])c([2H])c34)c([2H])c2[2H])c([2H])c1[2H]. The summed E-state index contributed by atoms with van der Waals surface area (Å²) >= 11 is 0. The summed E-state index contributed by atoms with van der Waals surface area (Å²) in [6, 6.07) is -52.7. The molecule has 0 N–H and O–H groups in total. The van der Waals surface area contributed by atoms with E-state index in [1.807, 2.05) is 0 Å². The topological polar surface area (TPSA) is 3.24 Å². The fourth-order valence-corrected chi connectivity index (χ4v) is 8.26. The summed E-state index contributed by atoms with van der Waals surface area (Å²) in [6.45, 7) is 0. The highest BCUT2D eigenvalue weighted by atomic mass is 15.1. The summed E-state index contributed by atoms with van der Waals surface area (Å²) in [6.07, 6.45) is 0. The molecule has 2 aliphatic carbocycles. The zero-order valence-electron chi connectivity index (χ0n) is 75.9. The molecule has 0 aromatic heterocycles. The minimum atomic E-state index is -3.22. The van der Waals surface area contributed by atoms with E-state index < -0.39 is 382 Å². The number of nitrogens with zero attached hydrogens (tertiary/aromatic N) is 1. The van der Waals surface area contributed by atoms with Gasteiger partial charge in [-0.15, -0.1) is 0 Å². The van der Waals surface area contributed by atoms with Gasteiger partial charge in [0.2, 0.25) is 0 Å². The highest BCUT2D eigenvalue weighted by molar-refractivity contribution is 6.05. The van der Waals surface area contributed by atoms with Crippen molar-refractivity contribution in [3.63, 3.8) is 0 Å². The molecule has 0 unspecified atom stereocenters. The summed E-state index contributed by atoms with van der Waals surface area (Å²) in [5.74, 6) is 0. The molecule has 0 fully saturated rings. The predicted molar refractivity (Wildman–Crippen MR) is 277 cm³/mol. The van der Waals surface area contributed by atoms with Crippen LogP contribution in [0.5, 0.6) is 0 Å². The minimum Gasteiger partial charge on any atom is -0.310 e. The Morgan fingerprint density at radius 2 is 0.727 bits per heavy atom. The third kappa shape index (κ3) is 5.80. The minimum absolute atomic E-state index is 0.153. The van der Waals surface area contributed by atoms with Gasteiger partial charge in [-0.2, -0.15) is 0 Å². The first-order valence-electron chi connectivity index (χ1n) is 40.9. The largest absolute Gasteiger partial charge is 0.310 e. The molecule has 0 bridgehead atoms. The average Bonchev–Trinajstić information content (AvgIpc) is 1.47. The molecule has 0 saturated heterocycles. The van der Waals surface area contributed by atoms with Crippen molar-refractivity contribution in [3.8, 4) is 66.8 Å². The second-order valence-corrected chi connectivity index (χ2v) is 14.3. The maximum absolute atomic E-state index is 10.9. The zero-order valence-corrected chi connectivity index (χ0v) is 32.9. The summed E-state index contributed by atoms with van der Waals surface area (Å²) in [7, 11) is 0. The summed E-state index contributed by atoms with van der Waals surface area (Å²) in [4.78, 5) is 0.153. The molecular weight excluding hydrogens is 795 g/mol. The van der Waals surface area contributed by atoms with Gasteiger partial charge in [-0.1, -0.05) is 230 Å². The van der Waals surface area contributed by atoms with E-state index in [4.69, 9.17) is 24.7 Å². The van der Waals surface area contributed by atoms with Crippen LogP contribution < -0.4 is 4.90 Å². The van der Waals surface area contributed by atoms with Crippen LogP contribution in [0.2, 0.25) is 0 Å². The highest BCUT2D eigenvalue weighted by Gasteiger charge is 2.51. The average molecular weight is 881 g/mol. The van der Waals surface area contributed by atoms with Crippen LogP contribution >= 0.6 is 0 Å². The van der Waals surface area contributed by atoms with E-state index in [-0.39, 0.29) is 4.90 Å². The van der Waals surface area contributed by atoms with Gasteiger partial charge in [0.05, 0.1) is 70.0 Å². The molecule has 11 aromatic carbocycles. The van der Waals surface area contributed by atoms with Gasteiger partial charge in [-0.25, -0.2) is 0 Å². The standard InChI is InChI=1S/C65H43N/c1-3-17-44(18-4-1)45-31-33-49(34-32-45)64-53-23-8-7-21-47(53)37-41-54(64)48-35-38-50(39-36-48)66(63-30-16-12-22-52(63)46-19-5-2-6-20-46)51-40-42-58-57-26-11-15-29-61(57)65(62(58)43-51)59-27-13-9-24-55(59)56-25-10-14-28-60(56)65/h1-43H/i1D,2D,3D,4D,5D,6D,7D,8D,9D,10D,11D,12D,13D,14D,15D,16D,17D,18D,19D,20D,21D,22D,23D,24D,25D,26D,27D,28D,29D,30D,31D,32D,33D,34D,35D,36D,37D,38D,39D,40D,41D,42D,43D. The summed E-state index contributed by atoms with van der Waals surface area (Å²) in [5, 5.41) is -1.87. The zero-order chi connectivity index (χ0) is 81.0. The van der Waals surface area contributed by atoms with E-state index >= 15 is 0 Å². The Labute approximate surface area is 446 Å². The van der Waals surface area contributed by atoms with Crippen LogP contribution in [-0.4, -0.2) is 0 Å². The molecule has 0 amide bonds. The van der Waals surface area contributed by atoms with Crippen LogP contribution in [-0.2, 0) is 5.41 Å². The molecule has 308 valence electrons. The monoisotopic (exact) mass is 881 g/mol. The van der Waals surface area contributed by atoms with Gasteiger partial charge < -0.3 is 4.90 Å². The van der Waals surface area contributed by atoms with E-state index in [1.165, 1.54) is 0 Å². The van der Waals surface area contributed by atoms with Crippen molar-refractivity contribution in [2.45, 2.75) is 5.41 Å². The van der Waals surface area contributed by atoms with Crippen molar-refractivity contribution in [2.75, 3.05) is 4.90 Å². The van der Waals surface area contributed by atoms with E-state index in [1.54, 1.807) is 0 Å². The van der Waals surface area contributed by atoms with Crippen molar-refractivity contribution in [2.24, 2.45) is 0 Å². The van der Waals surface area contributed by atoms with Crippen molar-refractivity contribution < 1.29 is 58.9 Å². The van der Waals surface area contributed by atoms with Gasteiger partial charge in [0.1, 0.15) is 0 Å². The Balaban J connectivity index is 1.28. The van der Waals surface area contributed by atoms with Crippen LogP contribution in [0.4, 0.5) is 17.1 Å². The van der Waals surface area contributed by atoms with Crippen LogP contribution in [0.3, 0.4) is 0 Å². The maximum atomic E-state index is 10.9. The van der Waals surface area contributed by atoms with Gasteiger partial charge in [0.25, 0.3) is 0 Å². The molecule has 66 heavy (non-hydrogen) atoms. The number of fused-ring (bicyclic) bond motifs is 11. The van der Waals surface area contributed by atoms with Crippen LogP contribution in [0, 0.1) is 0 Å². The molecule has 0 atom stereocenters. The first-order chi connectivity index (χ1) is 50.6. The third-order valence-corrected chi connectivity index (χ3v) is 10.9. The Kier molecular flexibility index (Phi) is 3.37. The lowest BCUT2D eigenvalue weighted by molar-refractivity contribution is 0.793. The van der Waals surface area contributed by atoms with Crippen molar-refractivity contribution >= 4 is 27.8 Å². The summed E-state index contributed by atoms with van der Waals surface area (Å²) in [5.41, 5.74) is -23.6. The lowest BCUT2D eigenvalue weighted by Crippen LogP contribution is -2.26. The molecule has 1 nitrogen and oxygen atoms in total. The summed E-state index contributed by atoms with van der Waals surface area (Å²) < 4.78 is 403. The first kappa shape index (κ1) is 14.5. The smallest absolute Gasteiger partial charge is 0.0726 e. The number of rotatable bonds is 7. The normalized spacial score (nSPS) is 21.8. The van der Waals surface area contributed by atoms with Gasteiger partial charge in [0, 0.05) is 16.9 Å². The number of hydrogen-bond donors (Lipinski definition) is 0. The lowest BCUT2D eigenvalue weighted by Gasteiger charge is -2.32. The van der Waals surface area contributed by atoms with Crippen LogP contribution in [0.1, 0.15) is 81.2 Å². The molecule has 0 heterocycles. The highest BCUT2D eigenvalue weighted by Crippen LogP contribution is 2.63. The molecule has 13 rings (SSSR count). The first-order valence-corrected chi connectivity index (χ1v) is 19.4. The predicted octanol–water partition coefficient (Wildman–Crippen LogP) is 17.3. The van der Waals surface area contributed by atoms with Gasteiger partial charge in [-0.3, -0.25) is 0 Å². The van der Waals surface area contributed by atoms with E-state index in [0.29, 0.717) is 0 Å². The number of hydrogen-bond acceptors (Lipinski definition) is 1. The number of para-hydroxylation sites is 1. The van der Waals surface area contributed by atoms with Gasteiger partial charge in [-0.05, 0) is 124 Å². The quantitative estimate of drug-likeness (QED) is 0.154. The molecule has 1 spiro atoms. The fraction of sp³-hybridized carbons (Fsp3) is 0.0154. The molecular formula is C65H43N. The van der Waals surface area contributed by atoms with Gasteiger partial charge in [0.15, 0.2) is 0 Å².